The summed E-state index contributed by atoms with van der Waals surface area (Å²) in [5.41, 5.74) is 0.783. The Morgan fingerprint density at radius 2 is 1.92 bits per heavy atom. The van der Waals surface area contributed by atoms with Gasteiger partial charge in [0.05, 0.1) is 12.2 Å². The van der Waals surface area contributed by atoms with Crippen molar-refractivity contribution in [2.24, 2.45) is 9.98 Å². The summed E-state index contributed by atoms with van der Waals surface area (Å²) in [6, 6.07) is 0. The summed E-state index contributed by atoms with van der Waals surface area (Å²) in [5.74, 6) is 0.683. The maximum absolute atomic E-state index is 5.76. The molecule has 0 amide bonds. The minimum absolute atomic E-state index is 0.672. The largest absolute Gasteiger partial charge is 0.302 e. The number of rotatable bonds is 3. The molecule has 0 unspecified atom stereocenters. The highest BCUT2D eigenvalue weighted by Gasteiger charge is 1.99. The van der Waals surface area contributed by atoms with E-state index in [4.69, 9.17) is 11.6 Å². The first-order valence-electron chi connectivity index (χ1n) is 3.99. The molecule has 0 aromatic rings. The van der Waals surface area contributed by atoms with Crippen molar-refractivity contribution in [3.8, 4) is 0 Å². The van der Waals surface area contributed by atoms with Crippen LogP contribution in [0.15, 0.2) is 20.7 Å². The van der Waals surface area contributed by atoms with Gasteiger partial charge in [0.25, 0.3) is 0 Å². The van der Waals surface area contributed by atoms with Crippen LogP contribution in [-0.2, 0) is 0 Å². The molecule has 0 spiro atoms. The molecule has 4 heteroatoms. The maximum atomic E-state index is 5.76. The van der Waals surface area contributed by atoms with Gasteiger partial charge in [-0.1, -0.05) is 11.6 Å². The Kier molecular flexibility index (Phi) is 5.58. The molecule has 0 heterocycles. The Morgan fingerprint density at radius 1 is 1.38 bits per heavy atom. The summed E-state index contributed by atoms with van der Waals surface area (Å²) in [6.07, 6.45) is 0. The van der Waals surface area contributed by atoms with Crippen molar-refractivity contribution in [2.45, 2.75) is 13.8 Å². The lowest BCUT2D eigenvalue weighted by Crippen LogP contribution is -2.20. The van der Waals surface area contributed by atoms with Crippen LogP contribution in [0.3, 0.4) is 0 Å². The standard InChI is InChI=1S/C9H16ClN3/c1-7(10)8(2)12-9(11-3)6-13(4)5/h3,6H2,1-2,4-5H3/b8-7+,12-9?. The van der Waals surface area contributed by atoms with Crippen molar-refractivity contribution in [1.82, 2.24) is 4.90 Å². The fourth-order valence-electron chi connectivity index (χ4n) is 0.674. The van der Waals surface area contributed by atoms with Crippen LogP contribution in [0.5, 0.6) is 0 Å². The number of allylic oxidation sites excluding steroid dienone is 2. The van der Waals surface area contributed by atoms with Gasteiger partial charge < -0.3 is 4.90 Å². The second kappa shape index (κ2) is 5.89. The first kappa shape index (κ1) is 12.3. The predicted octanol–water partition coefficient (Wildman–Crippen LogP) is 2.14. The van der Waals surface area contributed by atoms with Gasteiger partial charge >= 0.3 is 0 Å². The van der Waals surface area contributed by atoms with Crippen molar-refractivity contribution in [3.05, 3.63) is 10.7 Å². The van der Waals surface area contributed by atoms with E-state index in [0.29, 0.717) is 17.4 Å². The minimum Gasteiger partial charge on any atom is -0.302 e. The third kappa shape index (κ3) is 5.55. The van der Waals surface area contributed by atoms with E-state index >= 15 is 0 Å². The van der Waals surface area contributed by atoms with Crippen LogP contribution in [0.1, 0.15) is 13.8 Å². The molecule has 0 N–H and O–H groups in total. The first-order chi connectivity index (χ1) is 5.97. The van der Waals surface area contributed by atoms with E-state index in [1.807, 2.05) is 25.9 Å². The lowest BCUT2D eigenvalue weighted by molar-refractivity contribution is 0.468. The van der Waals surface area contributed by atoms with E-state index in [9.17, 15) is 0 Å². The Labute approximate surface area is 84.8 Å². The summed E-state index contributed by atoms with van der Waals surface area (Å²) in [4.78, 5) is 10.0. The average Bonchev–Trinajstić information content (AvgIpc) is 2.02. The van der Waals surface area contributed by atoms with E-state index in [0.717, 1.165) is 5.70 Å². The molecule has 0 fully saturated rings. The molecule has 13 heavy (non-hydrogen) atoms. The highest BCUT2D eigenvalue weighted by molar-refractivity contribution is 6.29. The van der Waals surface area contributed by atoms with Gasteiger partial charge in [-0.05, 0) is 34.7 Å². The lowest BCUT2D eigenvalue weighted by atomic mass is 10.4. The van der Waals surface area contributed by atoms with E-state index < -0.39 is 0 Å². The third-order valence-corrected chi connectivity index (χ3v) is 1.71. The van der Waals surface area contributed by atoms with E-state index in [2.05, 4.69) is 16.7 Å². The van der Waals surface area contributed by atoms with Gasteiger partial charge in [-0.15, -0.1) is 0 Å². The smallest absolute Gasteiger partial charge is 0.141 e. The number of halogens is 1. The molecule has 0 aromatic carbocycles. The van der Waals surface area contributed by atoms with Gasteiger partial charge in [-0.3, -0.25) is 0 Å². The Bertz CT molecular complexity index is 237. The van der Waals surface area contributed by atoms with Gasteiger partial charge in [0.2, 0.25) is 0 Å². The van der Waals surface area contributed by atoms with Crippen LogP contribution in [0, 0.1) is 0 Å². The molecule has 0 aliphatic heterocycles. The van der Waals surface area contributed by atoms with Crippen molar-refractivity contribution in [2.75, 3.05) is 20.6 Å². The molecule has 0 saturated heterocycles. The summed E-state index contributed by atoms with van der Waals surface area (Å²) in [7, 11) is 3.90. The monoisotopic (exact) mass is 201 g/mol. The molecular formula is C9H16ClN3. The predicted molar refractivity (Wildman–Crippen MR) is 59.8 cm³/mol. The topological polar surface area (TPSA) is 28.0 Å². The molecule has 3 nitrogen and oxygen atoms in total. The van der Waals surface area contributed by atoms with Gasteiger partial charge in [-0.25, -0.2) is 9.98 Å². The molecular weight excluding hydrogens is 186 g/mol. The molecule has 0 bridgehead atoms. The third-order valence-electron chi connectivity index (χ3n) is 1.44. The van der Waals surface area contributed by atoms with Crippen LogP contribution in [0.25, 0.3) is 0 Å². The van der Waals surface area contributed by atoms with Gasteiger partial charge in [0, 0.05) is 5.03 Å². The Morgan fingerprint density at radius 3 is 2.23 bits per heavy atom. The number of hydrogen-bond donors (Lipinski definition) is 0. The van der Waals surface area contributed by atoms with Crippen molar-refractivity contribution >= 4 is 24.2 Å². The molecule has 0 rings (SSSR count). The summed E-state index contributed by atoms with van der Waals surface area (Å²) in [5, 5.41) is 0.680. The van der Waals surface area contributed by atoms with Crippen LogP contribution < -0.4 is 0 Å². The fourth-order valence-corrected chi connectivity index (χ4v) is 0.716. The molecule has 0 aliphatic rings. The zero-order chi connectivity index (χ0) is 10.4. The zero-order valence-electron chi connectivity index (χ0n) is 8.63. The number of aliphatic imine (C=N–C) groups is 2. The molecule has 0 radical (unpaired) electrons. The summed E-state index contributed by atoms with van der Waals surface area (Å²) >= 11 is 5.76. The summed E-state index contributed by atoms with van der Waals surface area (Å²) < 4.78 is 0. The second-order valence-corrected chi connectivity index (χ2v) is 3.61. The van der Waals surface area contributed by atoms with Gasteiger partial charge in [0.1, 0.15) is 5.84 Å². The summed E-state index contributed by atoms with van der Waals surface area (Å²) in [6.45, 7) is 7.78. The molecule has 0 saturated carbocycles. The average molecular weight is 202 g/mol. The number of nitrogens with zero attached hydrogens (tertiary/aromatic N) is 3. The van der Waals surface area contributed by atoms with Crippen molar-refractivity contribution < 1.29 is 0 Å². The fraction of sp³-hybridized carbons (Fsp3) is 0.556. The van der Waals surface area contributed by atoms with Gasteiger partial charge in [0.15, 0.2) is 0 Å². The SMILES string of the molecule is C=NC(CN(C)C)=N/C(C)=C(\C)Cl. The minimum atomic E-state index is 0.672. The maximum Gasteiger partial charge on any atom is 0.141 e. The van der Waals surface area contributed by atoms with Crippen molar-refractivity contribution in [3.63, 3.8) is 0 Å². The van der Waals surface area contributed by atoms with E-state index in [1.165, 1.54) is 0 Å². The zero-order valence-corrected chi connectivity index (χ0v) is 9.39. The Balaban J connectivity index is 4.57. The van der Waals surface area contributed by atoms with Crippen LogP contribution in [0.2, 0.25) is 0 Å². The number of amidine groups is 1. The normalized spacial score (nSPS) is 14.5. The van der Waals surface area contributed by atoms with E-state index in [-0.39, 0.29) is 0 Å². The number of hydrogen-bond acceptors (Lipinski definition) is 2. The quantitative estimate of drug-likeness (QED) is 0.508. The molecule has 74 valence electrons. The molecule has 0 atom stereocenters. The first-order valence-corrected chi connectivity index (χ1v) is 4.37. The molecule has 0 aromatic heterocycles. The van der Waals surface area contributed by atoms with Crippen molar-refractivity contribution in [1.29, 1.82) is 0 Å². The lowest BCUT2D eigenvalue weighted by Gasteiger charge is -2.08. The van der Waals surface area contributed by atoms with Crippen LogP contribution in [-0.4, -0.2) is 38.1 Å². The number of likely N-dealkylation sites (N-methyl/N-ethyl adjacent to an activating group) is 1. The second-order valence-electron chi connectivity index (χ2n) is 3.04. The Hall–Kier alpha value is -0.670. The molecule has 0 aliphatic carbocycles. The highest BCUT2D eigenvalue weighted by atomic mass is 35.5. The van der Waals surface area contributed by atoms with Crippen LogP contribution >= 0.6 is 11.6 Å². The van der Waals surface area contributed by atoms with Gasteiger partial charge in [-0.2, -0.15) is 0 Å². The van der Waals surface area contributed by atoms with Crippen LogP contribution in [0.4, 0.5) is 0 Å². The van der Waals surface area contributed by atoms with E-state index in [1.54, 1.807) is 6.92 Å². The highest BCUT2D eigenvalue weighted by Crippen LogP contribution is 2.09.